The molecule has 6 nitrogen and oxygen atoms in total. The minimum atomic E-state index is -0.00493. The van der Waals surface area contributed by atoms with E-state index in [9.17, 15) is 0 Å². The van der Waals surface area contributed by atoms with Gasteiger partial charge in [0.15, 0.2) is 0 Å². The SMILES string of the molecule is COCCCN(CCOC)Cc1ccnc(C(=N)N)c1. The molecule has 0 aliphatic carbocycles. The van der Waals surface area contributed by atoms with E-state index in [1.165, 1.54) is 0 Å². The van der Waals surface area contributed by atoms with E-state index >= 15 is 0 Å². The summed E-state index contributed by atoms with van der Waals surface area (Å²) in [6.07, 6.45) is 2.67. The second kappa shape index (κ2) is 9.41. The third-order valence-corrected chi connectivity index (χ3v) is 2.94. The summed E-state index contributed by atoms with van der Waals surface area (Å²) < 4.78 is 10.2. The molecule has 0 fully saturated rings. The molecule has 0 unspecified atom stereocenters. The van der Waals surface area contributed by atoms with Crippen molar-refractivity contribution in [3.05, 3.63) is 29.6 Å². The number of nitrogen functional groups attached to an aromatic ring is 1. The van der Waals surface area contributed by atoms with E-state index in [0.29, 0.717) is 12.3 Å². The Morgan fingerprint density at radius 2 is 2.05 bits per heavy atom. The van der Waals surface area contributed by atoms with Crippen molar-refractivity contribution in [2.24, 2.45) is 5.73 Å². The van der Waals surface area contributed by atoms with Gasteiger partial charge in [-0.25, -0.2) is 0 Å². The molecule has 112 valence electrons. The van der Waals surface area contributed by atoms with Gasteiger partial charge in [0, 0.05) is 46.7 Å². The van der Waals surface area contributed by atoms with Crippen LogP contribution in [0.5, 0.6) is 0 Å². The highest BCUT2D eigenvalue weighted by Gasteiger charge is 2.07. The number of pyridine rings is 1. The molecule has 0 aliphatic heterocycles. The number of hydrogen-bond donors (Lipinski definition) is 2. The van der Waals surface area contributed by atoms with E-state index in [1.807, 2.05) is 12.1 Å². The smallest absolute Gasteiger partial charge is 0.141 e. The number of methoxy groups -OCH3 is 2. The second-order valence-corrected chi connectivity index (χ2v) is 4.58. The zero-order chi connectivity index (χ0) is 14.8. The molecule has 20 heavy (non-hydrogen) atoms. The van der Waals surface area contributed by atoms with E-state index in [1.54, 1.807) is 20.4 Å². The monoisotopic (exact) mass is 280 g/mol. The van der Waals surface area contributed by atoms with Crippen LogP contribution in [-0.2, 0) is 16.0 Å². The molecular formula is C14H24N4O2. The Bertz CT molecular complexity index is 412. The topological polar surface area (TPSA) is 84.5 Å². The third-order valence-electron chi connectivity index (χ3n) is 2.94. The molecule has 0 saturated carbocycles. The van der Waals surface area contributed by atoms with Gasteiger partial charge in [0.05, 0.1) is 6.61 Å². The summed E-state index contributed by atoms with van der Waals surface area (Å²) in [6, 6.07) is 3.81. The number of nitrogens with zero attached hydrogens (tertiary/aromatic N) is 2. The molecule has 0 saturated heterocycles. The maximum Gasteiger partial charge on any atom is 0.141 e. The number of nitrogens with two attached hydrogens (primary N) is 1. The fourth-order valence-electron chi connectivity index (χ4n) is 1.90. The molecule has 6 heteroatoms. The maximum absolute atomic E-state index is 7.43. The number of nitrogens with one attached hydrogen (secondary N) is 1. The van der Waals surface area contributed by atoms with Gasteiger partial charge in [0.2, 0.25) is 0 Å². The van der Waals surface area contributed by atoms with Crippen LogP contribution in [0.15, 0.2) is 18.3 Å². The van der Waals surface area contributed by atoms with Crippen molar-refractivity contribution in [1.29, 1.82) is 5.41 Å². The molecular weight excluding hydrogens is 256 g/mol. The van der Waals surface area contributed by atoms with Gasteiger partial charge in [-0.1, -0.05) is 0 Å². The zero-order valence-electron chi connectivity index (χ0n) is 12.3. The fraction of sp³-hybridized carbons (Fsp3) is 0.571. The molecule has 0 amide bonds. The van der Waals surface area contributed by atoms with Gasteiger partial charge in [-0.15, -0.1) is 0 Å². The maximum atomic E-state index is 7.43. The Balaban J connectivity index is 2.62. The van der Waals surface area contributed by atoms with Gasteiger partial charge in [0.1, 0.15) is 11.5 Å². The second-order valence-electron chi connectivity index (χ2n) is 4.58. The Morgan fingerprint density at radius 1 is 1.30 bits per heavy atom. The van der Waals surface area contributed by atoms with Gasteiger partial charge < -0.3 is 15.2 Å². The molecule has 0 atom stereocenters. The van der Waals surface area contributed by atoms with Crippen LogP contribution in [0.1, 0.15) is 17.7 Å². The van der Waals surface area contributed by atoms with Crippen LogP contribution in [0.25, 0.3) is 0 Å². The summed E-state index contributed by atoms with van der Waals surface area (Å²) in [4.78, 5) is 6.36. The van der Waals surface area contributed by atoms with Gasteiger partial charge >= 0.3 is 0 Å². The Kier molecular flexibility index (Phi) is 7.79. The molecule has 0 spiro atoms. The molecule has 3 N–H and O–H groups in total. The Labute approximate surface area is 120 Å². The molecule has 1 aromatic heterocycles. The summed E-state index contributed by atoms with van der Waals surface area (Å²) in [6.45, 7) is 4.03. The van der Waals surface area contributed by atoms with E-state index in [4.69, 9.17) is 20.6 Å². The van der Waals surface area contributed by atoms with Gasteiger partial charge in [-0.3, -0.25) is 15.3 Å². The molecule has 0 bridgehead atoms. The average molecular weight is 280 g/mol. The first-order chi connectivity index (χ1) is 9.67. The van der Waals surface area contributed by atoms with Crippen molar-refractivity contribution in [2.75, 3.05) is 40.5 Å². The van der Waals surface area contributed by atoms with Gasteiger partial charge in [0.25, 0.3) is 0 Å². The van der Waals surface area contributed by atoms with E-state index in [2.05, 4.69) is 9.88 Å². The van der Waals surface area contributed by atoms with Gasteiger partial charge in [-0.2, -0.15) is 0 Å². The van der Waals surface area contributed by atoms with Crippen molar-refractivity contribution in [3.8, 4) is 0 Å². The zero-order valence-corrected chi connectivity index (χ0v) is 12.3. The number of ether oxygens (including phenoxy) is 2. The van der Waals surface area contributed by atoms with Crippen molar-refractivity contribution < 1.29 is 9.47 Å². The lowest BCUT2D eigenvalue weighted by atomic mass is 10.2. The van der Waals surface area contributed by atoms with Crippen LogP contribution < -0.4 is 5.73 Å². The predicted octanol–water partition coefficient (Wildman–Crippen LogP) is 0.851. The first-order valence-electron chi connectivity index (χ1n) is 6.67. The normalized spacial score (nSPS) is 10.9. The minimum absolute atomic E-state index is 0.00493. The first-order valence-corrected chi connectivity index (χ1v) is 6.67. The quantitative estimate of drug-likeness (QED) is 0.377. The molecule has 1 aromatic rings. The molecule has 1 heterocycles. The highest BCUT2D eigenvalue weighted by molar-refractivity contribution is 5.93. The van der Waals surface area contributed by atoms with Crippen molar-refractivity contribution in [3.63, 3.8) is 0 Å². The molecule has 1 rings (SSSR count). The van der Waals surface area contributed by atoms with Crippen LogP contribution in [0.4, 0.5) is 0 Å². The van der Waals surface area contributed by atoms with Crippen molar-refractivity contribution in [1.82, 2.24) is 9.88 Å². The van der Waals surface area contributed by atoms with Gasteiger partial charge in [-0.05, 0) is 24.1 Å². The van der Waals surface area contributed by atoms with Crippen LogP contribution in [0.2, 0.25) is 0 Å². The molecule has 0 radical (unpaired) electrons. The van der Waals surface area contributed by atoms with Crippen LogP contribution in [-0.4, -0.2) is 56.2 Å². The van der Waals surface area contributed by atoms with Crippen LogP contribution >= 0.6 is 0 Å². The highest BCUT2D eigenvalue weighted by Crippen LogP contribution is 2.07. The Hall–Kier alpha value is -1.50. The van der Waals surface area contributed by atoms with Crippen LogP contribution in [0, 0.1) is 5.41 Å². The number of hydrogen-bond acceptors (Lipinski definition) is 5. The fourth-order valence-corrected chi connectivity index (χ4v) is 1.90. The number of amidine groups is 1. The van der Waals surface area contributed by atoms with E-state index < -0.39 is 0 Å². The molecule has 0 aliphatic rings. The lowest BCUT2D eigenvalue weighted by Crippen LogP contribution is -2.29. The van der Waals surface area contributed by atoms with Crippen LogP contribution in [0.3, 0.4) is 0 Å². The minimum Gasteiger partial charge on any atom is -0.385 e. The highest BCUT2D eigenvalue weighted by atomic mass is 16.5. The lowest BCUT2D eigenvalue weighted by Gasteiger charge is -2.22. The Morgan fingerprint density at radius 3 is 2.70 bits per heavy atom. The standard InChI is InChI=1S/C14H24N4O2/c1-19-8-3-6-18(7-9-20-2)11-12-4-5-17-13(10-12)14(15)16/h4-5,10H,3,6-9,11H2,1-2H3,(H3,15,16). The average Bonchev–Trinajstić information content (AvgIpc) is 2.45. The summed E-state index contributed by atoms with van der Waals surface area (Å²) in [5.41, 5.74) is 7.08. The summed E-state index contributed by atoms with van der Waals surface area (Å²) in [5.74, 6) is -0.00493. The van der Waals surface area contributed by atoms with E-state index in [0.717, 1.165) is 38.2 Å². The van der Waals surface area contributed by atoms with E-state index in [-0.39, 0.29) is 5.84 Å². The summed E-state index contributed by atoms with van der Waals surface area (Å²) in [5, 5.41) is 7.43. The number of rotatable bonds is 10. The predicted molar refractivity (Wildman–Crippen MR) is 78.9 cm³/mol. The third kappa shape index (κ3) is 6.10. The van der Waals surface area contributed by atoms with Crippen molar-refractivity contribution in [2.45, 2.75) is 13.0 Å². The lowest BCUT2D eigenvalue weighted by molar-refractivity contribution is 0.129. The summed E-state index contributed by atoms with van der Waals surface area (Å²) in [7, 11) is 3.41. The van der Waals surface area contributed by atoms with Crippen molar-refractivity contribution >= 4 is 5.84 Å². The largest absolute Gasteiger partial charge is 0.385 e. The summed E-state index contributed by atoms with van der Waals surface area (Å²) >= 11 is 0. The number of aromatic nitrogens is 1. The first kappa shape index (κ1) is 16.6. The molecule has 0 aromatic carbocycles.